The number of ether oxygens (including phenoxy) is 3. The van der Waals surface area contributed by atoms with Crippen LogP contribution in [-0.4, -0.2) is 37.2 Å². The van der Waals surface area contributed by atoms with Gasteiger partial charge in [-0.15, -0.1) is 0 Å². The number of unbranched alkanes of at least 4 members (excludes halogenated alkanes) is 33. The van der Waals surface area contributed by atoms with Crippen LogP contribution in [-0.2, 0) is 28.6 Å². The molecule has 464 valence electrons. The van der Waals surface area contributed by atoms with E-state index in [0.717, 1.165) is 89.9 Å². The van der Waals surface area contributed by atoms with Crippen molar-refractivity contribution in [1.82, 2.24) is 0 Å². The van der Waals surface area contributed by atoms with Gasteiger partial charge in [0.05, 0.1) is 0 Å². The molecule has 0 aromatic rings. The van der Waals surface area contributed by atoms with Crippen molar-refractivity contribution < 1.29 is 28.6 Å². The van der Waals surface area contributed by atoms with Crippen molar-refractivity contribution in [3.8, 4) is 0 Å². The number of hydrogen-bond donors (Lipinski definition) is 0. The summed E-state index contributed by atoms with van der Waals surface area (Å²) in [4.78, 5) is 38.3. The van der Waals surface area contributed by atoms with Crippen molar-refractivity contribution in [3.05, 3.63) is 109 Å². The van der Waals surface area contributed by atoms with Gasteiger partial charge in [0, 0.05) is 19.3 Å². The van der Waals surface area contributed by atoms with Crippen LogP contribution in [0.3, 0.4) is 0 Å². The summed E-state index contributed by atoms with van der Waals surface area (Å²) in [6.07, 6.45) is 94.2. The first-order valence-corrected chi connectivity index (χ1v) is 34.4. The highest BCUT2D eigenvalue weighted by Crippen LogP contribution is 2.17. The van der Waals surface area contributed by atoms with Gasteiger partial charge in [0.25, 0.3) is 0 Å². The standard InChI is InChI=1S/C75H128O6/c1-4-7-10-13-16-19-22-25-27-29-31-33-34-35-36-37-38-39-40-42-43-45-47-50-53-56-59-62-65-68-74(77)80-71-72(70-79-73(76)67-64-61-58-55-52-49-24-21-18-15-12-9-6-3)81-75(78)69-66-63-60-57-54-51-48-46-44-41-32-30-28-26-23-20-17-14-11-8-5-2/h7,9-10,12,16,18-19,21,25,27,30-33,49,52,58,61,72H,4-6,8,11,13-15,17,20,22-24,26,28-29,34-48,50-51,53-57,59-60,62-71H2,1-3H3/b10-7-,12-9-,19-16-,21-18-,27-25-,32-30-,33-31-,52-49-,61-58-. The van der Waals surface area contributed by atoms with E-state index in [0.29, 0.717) is 19.3 Å². The van der Waals surface area contributed by atoms with E-state index < -0.39 is 6.10 Å². The molecule has 0 aliphatic carbocycles. The fraction of sp³-hybridized carbons (Fsp3) is 0.720. The van der Waals surface area contributed by atoms with Crippen LogP contribution in [0.2, 0.25) is 0 Å². The Morgan fingerprint density at radius 1 is 0.259 bits per heavy atom. The second-order valence-corrected chi connectivity index (χ2v) is 22.7. The van der Waals surface area contributed by atoms with E-state index in [2.05, 4.69) is 124 Å². The molecular formula is C75H128O6. The maximum absolute atomic E-state index is 12.9. The molecule has 0 saturated carbocycles. The van der Waals surface area contributed by atoms with E-state index in [1.165, 1.54) is 193 Å². The molecule has 0 aliphatic rings. The SMILES string of the molecule is CC/C=C\C/C=C\C/C=C\C/C=C\CCCCCCCCCCCCCCCCCCC(=O)OCC(COC(=O)CC/C=C\C/C=C\C/C=C\C/C=C\CC)OC(=O)CCCCCCCCCCC/C=C\CCCCCCCCCC. The number of rotatable bonds is 62. The molecule has 1 atom stereocenters. The normalized spacial score (nSPS) is 12.8. The summed E-state index contributed by atoms with van der Waals surface area (Å²) in [5.74, 6) is -0.974. The number of carbonyl (C=O) groups excluding carboxylic acids is 3. The predicted octanol–water partition coefficient (Wildman–Crippen LogP) is 23.8. The second-order valence-electron chi connectivity index (χ2n) is 22.7. The van der Waals surface area contributed by atoms with Crippen LogP contribution in [0.4, 0.5) is 0 Å². The molecule has 0 aromatic carbocycles. The quantitative estimate of drug-likeness (QED) is 0.0261. The smallest absolute Gasteiger partial charge is 0.306 e. The molecule has 0 rings (SSSR count). The third-order valence-corrected chi connectivity index (χ3v) is 14.8. The molecule has 0 aromatic heterocycles. The van der Waals surface area contributed by atoms with E-state index in [1.54, 1.807) is 0 Å². The zero-order valence-electron chi connectivity index (χ0n) is 53.3. The maximum Gasteiger partial charge on any atom is 0.306 e. The first-order valence-electron chi connectivity index (χ1n) is 34.4. The van der Waals surface area contributed by atoms with E-state index >= 15 is 0 Å². The van der Waals surface area contributed by atoms with Gasteiger partial charge >= 0.3 is 17.9 Å². The van der Waals surface area contributed by atoms with Gasteiger partial charge < -0.3 is 14.2 Å². The third-order valence-electron chi connectivity index (χ3n) is 14.8. The first-order chi connectivity index (χ1) is 40.0. The Morgan fingerprint density at radius 2 is 0.506 bits per heavy atom. The predicted molar refractivity (Wildman–Crippen MR) is 353 cm³/mol. The van der Waals surface area contributed by atoms with Crippen molar-refractivity contribution >= 4 is 17.9 Å². The molecule has 0 N–H and O–H groups in total. The maximum atomic E-state index is 12.9. The lowest BCUT2D eigenvalue weighted by Crippen LogP contribution is -2.30. The van der Waals surface area contributed by atoms with Gasteiger partial charge in [-0.1, -0.05) is 310 Å². The lowest BCUT2D eigenvalue weighted by molar-refractivity contribution is -0.166. The van der Waals surface area contributed by atoms with Crippen LogP contribution in [0.25, 0.3) is 0 Å². The highest BCUT2D eigenvalue weighted by molar-refractivity contribution is 5.71. The Balaban J connectivity index is 4.28. The van der Waals surface area contributed by atoms with E-state index in [-0.39, 0.29) is 37.5 Å². The lowest BCUT2D eigenvalue weighted by atomic mass is 10.0. The Morgan fingerprint density at radius 3 is 0.840 bits per heavy atom. The average molecular weight is 1130 g/mol. The van der Waals surface area contributed by atoms with Crippen molar-refractivity contribution in [3.63, 3.8) is 0 Å². The molecule has 81 heavy (non-hydrogen) atoms. The van der Waals surface area contributed by atoms with Crippen LogP contribution < -0.4 is 0 Å². The summed E-state index contributed by atoms with van der Waals surface area (Å²) in [5.41, 5.74) is 0. The zero-order valence-corrected chi connectivity index (χ0v) is 53.3. The molecule has 0 aliphatic heterocycles. The fourth-order valence-corrected chi connectivity index (χ4v) is 9.68. The molecule has 6 heteroatoms. The average Bonchev–Trinajstić information content (AvgIpc) is 3.46. The minimum atomic E-state index is -0.809. The fourth-order valence-electron chi connectivity index (χ4n) is 9.68. The highest BCUT2D eigenvalue weighted by Gasteiger charge is 2.19. The second kappa shape index (κ2) is 68.6. The molecule has 0 spiro atoms. The molecule has 0 fully saturated rings. The topological polar surface area (TPSA) is 78.9 Å². The number of carbonyl (C=O) groups is 3. The molecule has 0 bridgehead atoms. The summed E-state index contributed by atoms with van der Waals surface area (Å²) in [5, 5.41) is 0. The Labute approximate surface area is 501 Å². The van der Waals surface area contributed by atoms with Crippen LogP contribution in [0.1, 0.15) is 329 Å². The van der Waals surface area contributed by atoms with E-state index in [1.807, 2.05) is 6.08 Å². The Kier molecular flexibility index (Phi) is 65.2. The van der Waals surface area contributed by atoms with Gasteiger partial charge in [0.1, 0.15) is 13.2 Å². The molecule has 6 nitrogen and oxygen atoms in total. The molecule has 0 amide bonds. The van der Waals surface area contributed by atoms with Crippen molar-refractivity contribution in [2.24, 2.45) is 0 Å². The minimum absolute atomic E-state index is 0.0991. The van der Waals surface area contributed by atoms with Crippen molar-refractivity contribution in [1.29, 1.82) is 0 Å². The molecule has 0 radical (unpaired) electrons. The third kappa shape index (κ3) is 66.8. The molecular weight excluding hydrogens is 997 g/mol. The molecule has 0 heterocycles. The van der Waals surface area contributed by atoms with Gasteiger partial charge in [-0.25, -0.2) is 0 Å². The Bertz CT molecular complexity index is 1620. The largest absolute Gasteiger partial charge is 0.462 e. The van der Waals surface area contributed by atoms with E-state index in [9.17, 15) is 14.4 Å². The summed E-state index contributed by atoms with van der Waals surface area (Å²) in [6, 6.07) is 0. The van der Waals surface area contributed by atoms with Gasteiger partial charge in [-0.05, 0) is 109 Å². The zero-order chi connectivity index (χ0) is 58.5. The van der Waals surface area contributed by atoms with Crippen molar-refractivity contribution in [2.45, 2.75) is 335 Å². The summed E-state index contributed by atoms with van der Waals surface area (Å²) >= 11 is 0. The van der Waals surface area contributed by atoms with Crippen LogP contribution in [0, 0.1) is 0 Å². The number of esters is 3. The minimum Gasteiger partial charge on any atom is -0.462 e. The van der Waals surface area contributed by atoms with Gasteiger partial charge in [0.2, 0.25) is 0 Å². The van der Waals surface area contributed by atoms with Gasteiger partial charge in [-0.2, -0.15) is 0 Å². The van der Waals surface area contributed by atoms with Crippen LogP contribution in [0.5, 0.6) is 0 Å². The Hall–Kier alpha value is -3.93. The monoisotopic (exact) mass is 1120 g/mol. The number of allylic oxidation sites excluding steroid dienone is 18. The molecule has 0 saturated heterocycles. The first kappa shape index (κ1) is 77.1. The molecule has 1 unspecified atom stereocenters. The van der Waals surface area contributed by atoms with E-state index in [4.69, 9.17) is 14.2 Å². The van der Waals surface area contributed by atoms with Gasteiger partial charge in [0.15, 0.2) is 6.10 Å². The summed E-state index contributed by atoms with van der Waals surface area (Å²) in [6.45, 7) is 6.38. The summed E-state index contributed by atoms with van der Waals surface area (Å²) in [7, 11) is 0. The van der Waals surface area contributed by atoms with Crippen LogP contribution >= 0.6 is 0 Å². The van der Waals surface area contributed by atoms with Gasteiger partial charge in [-0.3, -0.25) is 14.4 Å². The lowest BCUT2D eigenvalue weighted by Gasteiger charge is -2.18. The highest BCUT2D eigenvalue weighted by atomic mass is 16.6. The summed E-state index contributed by atoms with van der Waals surface area (Å²) < 4.78 is 16.9. The van der Waals surface area contributed by atoms with Crippen LogP contribution in [0.15, 0.2) is 109 Å². The van der Waals surface area contributed by atoms with Crippen molar-refractivity contribution in [2.75, 3.05) is 13.2 Å². The number of hydrogen-bond acceptors (Lipinski definition) is 6.